The highest BCUT2D eigenvalue weighted by atomic mass is 16.2. The van der Waals surface area contributed by atoms with Gasteiger partial charge < -0.3 is 15.2 Å². The van der Waals surface area contributed by atoms with Gasteiger partial charge >= 0.3 is 6.03 Å². The molecule has 4 rings (SSSR count). The van der Waals surface area contributed by atoms with E-state index in [1.54, 1.807) is 23.7 Å². The molecule has 0 aliphatic heterocycles. The van der Waals surface area contributed by atoms with Gasteiger partial charge in [0.25, 0.3) is 5.56 Å². The van der Waals surface area contributed by atoms with Gasteiger partial charge in [0.05, 0.1) is 11.6 Å². The fourth-order valence-corrected chi connectivity index (χ4v) is 4.05. The highest BCUT2D eigenvalue weighted by Crippen LogP contribution is 2.44. The quantitative estimate of drug-likeness (QED) is 0.722. The number of amides is 2. The van der Waals surface area contributed by atoms with Crippen LogP contribution in [-0.2, 0) is 12.5 Å². The van der Waals surface area contributed by atoms with Crippen molar-refractivity contribution >= 4 is 22.6 Å². The number of hydrogen-bond acceptors (Lipinski definition) is 2. The van der Waals surface area contributed by atoms with Crippen LogP contribution >= 0.6 is 0 Å². The van der Waals surface area contributed by atoms with Crippen LogP contribution in [0.3, 0.4) is 0 Å². The fraction of sp³-hybridized carbons (Fsp3) is 0.273. The number of rotatable bonds is 2. The number of aryl methyl sites for hydroxylation is 1. The van der Waals surface area contributed by atoms with E-state index in [-0.39, 0.29) is 23.0 Å². The number of benzene rings is 2. The molecule has 0 radical (unpaired) electrons. The first-order valence-corrected chi connectivity index (χ1v) is 9.12. The van der Waals surface area contributed by atoms with Gasteiger partial charge in [0.2, 0.25) is 0 Å². The Hall–Kier alpha value is -3.08. The summed E-state index contributed by atoms with van der Waals surface area (Å²) in [6.07, 6.45) is 0.867. The van der Waals surface area contributed by atoms with Crippen molar-refractivity contribution in [2.24, 2.45) is 7.05 Å². The fourth-order valence-electron chi connectivity index (χ4n) is 4.05. The number of urea groups is 1. The van der Waals surface area contributed by atoms with Crippen molar-refractivity contribution in [3.8, 4) is 0 Å². The summed E-state index contributed by atoms with van der Waals surface area (Å²) in [4.78, 5) is 24.4. The zero-order valence-electron chi connectivity index (χ0n) is 15.7. The molecular weight excluding hydrogens is 338 g/mol. The minimum absolute atomic E-state index is 0.0130. The molecule has 5 nitrogen and oxygen atoms in total. The highest BCUT2D eigenvalue weighted by Gasteiger charge is 2.37. The van der Waals surface area contributed by atoms with Crippen LogP contribution in [0.1, 0.15) is 37.4 Å². The predicted octanol–water partition coefficient (Wildman–Crippen LogP) is 4.08. The molecule has 1 atom stereocenters. The minimum Gasteiger partial charge on any atom is -0.331 e. The average molecular weight is 361 g/mol. The maximum absolute atomic E-state index is 12.6. The van der Waals surface area contributed by atoms with Crippen molar-refractivity contribution in [2.75, 3.05) is 5.32 Å². The predicted molar refractivity (Wildman–Crippen MR) is 108 cm³/mol. The van der Waals surface area contributed by atoms with Crippen LogP contribution in [0.2, 0.25) is 0 Å². The first-order valence-electron chi connectivity index (χ1n) is 9.12. The standard InChI is InChI=1S/C22H23N3O2/c1-22(2)13-18(16-6-4-5-7-17(16)22)24-21(27)23-15-10-8-14-9-11-20(26)25(3)19(14)12-15/h4-12,18H,13H2,1-3H3,(H2,23,24,27). The number of nitrogens with one attached hydrogen (secondary N) is 2. The molecule has 2 aromatic carbocycles. The summed E-state index contributed by atoms with van der Waals surface area (Å²) in [6.45, 7) is 4.41. The topological polar surface area (TPSA) is 63.1 Å². The first kappa shape index (κ1) is 17.3. The van der Waals surface area contributed by atoms with Crippen molar-refractivity contribution in [3.05, 3.63) is 76.1 Å². The largest absolute Gasteiger partial charge is 0.331 e. The number of pyridine rings is 1. The van der Waals surface area contributed by atoms with E-state index in [2.05, 4.69) is 36.6 Å². The van der Waals surface area contributed by atoms with Gasteiger partial charge in [-0.25, -0.2) is 4.79 Å². The molecule has 0 saturated heterocycles. The lowest BCUT2D eigenvalue weighted by Gasteiger charge is -2.19. The van der Waals surface area contributed by atoms with Gasteiger partial charge in [0.1, 0.15) is 0 Å². The van der Waals surface area contributed by atoms with Gasteiger partial charge in [-0.15, -0.1) is 0 Å². The maximum atomic E-state index is 12.6. The summed E-state index contributed by atoms with van der Waals surface area (Å²) in [5.74, 6) is 0. The van der Waals surface area contributed by atoms with Gasteiger partial charge in [-0.05, 0) is 46.5 Å². The van der Waals surface area contributed by atoms with Gasteiger partial charge in [0, 0.05) is 18.8 Å². The van der Waals surface area contributed by atoms with E-state index in [0.29, 0.717) is 5.69 Å². The van der Waals surface area contributed by atoms with E-state index in [9.17, 15) is 9.59 Å². The second kappa shape index (κ2) is 6.27. The van der Waals surface area contributed by atoms with Gasteiger partial charge in [-0.1, -0.05) is 44.2 Å². The van der Waals surface area contributed by atoms with Crippen LogP contribution in [0.4, 0.5) is 10.5 Å². The van der Waals surface area contributed by atoms with E-state index in [4.69, 9.17) is 0 Å². The summed E-state index contributed by atoms with van der Waals surface area (Å²) in [5, 5.41) is 6.95. The number of carbonyl (C=O) groups excluding carboxylic acids is 1. The molecule has 0 fully saturated rings. The Labute approximate surface area is 158 Å². The lowest BCUT2D eigenvalue weighted by Crippen LogP contribution is -2.32. The third-order valence-corrected chi connectivity index (χ3v) is 5.47. The van der Waals surface area contributed by atoms with Gasteiger partial charge in [-0.2, -0.15) is 0 Å². The number of carbonyl (C=O) groups is 1. The Morgan fingerprint density at radius 2 is 1.85 bits per heavy atom. The first-order chi connectivity index (χ1) is 12.8. The third kappa shape index (κ3) is 3.10. The summed E-state index contributed by atoms with van der Waals surface area (Å²) in [5.41, 5.74) is 3.87. The molecule has 1 heterocycles. The molecule has 1 aromatic heterocycles. The van der Waals surface area contributed by atoms with Crippen molar-refractivity contribution in [2.45, 2.75) is 31.7 Å². The molecule has 1 aliphatic rings. The molecule has 0 bridgehead atoms. The molecule has 1 aliphatic carbocycles. The molecule has 2 N–H and O–H groups in total. The lowest BCUT2D eigenvalue weighted by molar-refractivity contribution is 0.247. The molecular formula is C22H23N3O2. The zero-order chi connectivity index (χ0) is 19.2. The normalized spacial score (nSPS) is 17.5. The van der Waals surface area contributed by atoms with Crippen LogP contribution in [0, 0.1) is 0 Å². The van der Waals surface area contributed by atoms with Crippen LogP contribution in [0.15, 0.2) is 59.4 Å². The molecule has 0 saturated carbocycles. The van der Waals surface area contributed by atoms with Gasteiger partial charge in [-0.3, -0.25) is 4.79 Å². The Morgan fingerprint density at radius 3 is 2.67 bits per heavy atom. The summed E-state index contributed by atoms with van der Waals surface area (Å²) >= 11 is 0. The number of anilines is 1. The van der Waals surface area contributed by atoms with Gasteiger partial charge in [0.15, 0.2) is 0 Å². The number of fused-ring (bicyclic) bond motifs is 2. The Bertz CT molecular complexity index is 1100. The summed E-state index contributed by atoms with van der Waals surface area (Å²) in [6, 6.07) is 16.9. The average Bonchev–Trinajstić information content (AvgIpc) is 2.89. The Kier molecular flexibility index (Phi) is 4.02. The molecule has 3 aromatic rings. The smallest absolute Gasteiger partial charge is 0.319 e. The molecule has 0 spiro atoms. The molecule has 27 heavy (non-hydrogen) atoms. The maximum Gasteiger partial charge on any atom is 0.319 e. The summed E-state index contributed by atoms with van der Waals surface area (Å²) < 4.78 is 1.58. The van der Waals surface area contributed by atoms with E-state index >= 15 is 0 Å². The molecule has 1 unspecified atom stereocenters. The third-order valence-electron chi connectivity index (χ3n) is 5.47. The van der Waals surface area contributed by atoms with E-state index in [0.717, 1.165) is 17.3 Å². The molecule has 2 amide bonds. The number of aromatic nitrogens is 1. The van der Waals surface area contributed by atoms with Crippen LogP contribution in [0.25, 0.3) is 10.9 Å². The number of nitrogens with zero attached hydrogens (tertiary/aromatic N) is 1. The molecule has 5 heteroatoms. The summed E-state index contributed by atoms with van der Waals surface area (Å²) in [7, 11) is 1.73. The molecule has 138 valence electrons. The zero-order valence-corrected chi connectivity index (χ0v) is 15.7. The Balaban J connectivity index is 1.55. The van der Waals surface area contributed by atoms with Crippen molar-refractivity contribution in [3.63, 3.8) is 0 Å². The van der Waals surface area contributed by atoms with Crippen LogP contribution < -0.4 is 16.2 Å². The minimum atomic E-state index is -0.243. The van der Waals surface area contributed by atoms with Crippen LogP contribution in [-0.4, -0.2) is 10.6 Å². The SMILES string of the molecule is Cn1c(=O)ccc2ccc(NC(=O)NC3CC(C)(C)c4ccccc43)cc21. The van der Waals surface area contributed by atoms with Crippen molar-refractivity contribution in [1.82, 2.24) is 9.88 Å². The second-order valence-electron chi connectivity index (χ2n) is 7.83. The second-order valence-corrected chi connectivity index (χ2v) is 7.83. The van der Waals surface area contributed by atoms with E-state index < -0.39 is 0 Å². The van der Waals surface area contributed by atoms with Crippen LogP contribution in [0.5, 0.6) is 0 Å². The highest BCUT2D eigenvalue weighted by molar-refractivity contribution is 5.92. The van der Waals surface area contributed by atoms with E-state index in [1.807, 2.05) is 30.3 Å². The van der Waals surface area contributed by atoms with Crippen molar-refractivity contribution < 1.29 is 4.79 Å². The van der Waals surface area contributed by atoms with Crippen molar-refractivity contribution in [1.29, 1.82) is 0 Å². The lowest BCUT2D eigenvalue weighted by atomic mass is 9.86. The Morgan fingerprint density at radius 1 is 1.11 bits per heavy atom. The number of hydrogen-bond donors (Lipinski definition) is 2. The van der Waals surface area contributed by atoms with E-state index in [1.165, 1.54) is 11.1 Å². The monoisotopic (exact) mass is 361 g/mol.